The molecule has 0 heterocycles. The highest BCUT2D eigenvalue weighted by Gasteiger charge is 2.06. The lowest BCUT2D eigenvalue weighted by atomic mass is 10.0. The first-order chi connectivity index (χ1) is 9.69. The first kappa shape index (κ1) is 14.1. The Morgan fingerprint density at radius 1 is 1.15 bits per heavy atom. The molecule has 0 radical (unpaired) electrons. The van der Waals surface area contributed by atoms with E-state index >= 15 is 0 Å². The summed E-state index contributed by atoms with van der Waals surface area (Å²) in [6.45, 7) is 4.24. The molecule has 2 heteroatoms. The average Bonchev–Trinajstić information content (AvgIpc) is 2.48. The second-order valence-electron chi connectivity index (χ2n) is 5.21. The van der Waals surface area contributed by atoms with E-state index in [1.54, 1.807) is 0 Å². The van der Waals surface area contributed by atoms with Gasteiger partial charge in [0, 0.05) is 11.7 Å². The van der Waals surface area contributed by atoms with Gasteiger partial charge in [0.15, 0.2) is 0 Å². The lowest BCUT2D eigenvalue weighted by Crippen LogP contribution is -2.16. The lowest BCUT2D eigenvalue weighted by Gasteiger charge is -2.17. The topological polar surface area (TPSA) is 35.8 Å². The number of nitrogens with one attached hydrogen (secondary N) is 1. The third kappa shape index (κ3) is 3.86. The largest absolute Gasteiger partial charge is 0.382 e. The predicted molar refractivity (Wildman–Crippen MR) is 83.7 cm³/mol. The van der Waals surface area contributed by atoms with Crippen molar-refractivity contribution in [1.29, 1.82) is 5.26 Å². The minimum Gasteiger partial charge on any atom is -0.382 e. The van der Waals surface area contributed by atoms with Gasteiger partial charge in [-0.05, 0) is 49.9 Å². The zero-order chi connectivity index (χ0) is 14.4. The zero-order valence-electron chi connectivity index (χ0n) is 12.1. The molecule has 2 aromatic rings. The third-order valence-electron chi connectivity index (χ3n) is 3.48. The Kier molecular flexibility index (Phi) is 4.79. The van der Waals surface area contributed by atoms with Gasteiger partial charge in [-0.15, -0.1) is 0 Å². The van der Waals surface area contributed by atoms with Crippen LogP contribution in [0.5, 0.6) is 0 Å². The van der Waals surface area contributed by atoms with Gasteiger partial charge in [0.25, 0.3) is 0 Å². The Hall–Kier alpha value is -2.27. The summed E-state index contributed by atoms with van der Waals surface area (Å²) < 4.78 is 0. The van der Waals surface area contributed by atoms with Crippen molar-refractivity contribution in [1.82, 2.24) is 0 Å². The molecule has 1 unspecified atom stereocenters. The van der Waals surface area contributed by atoms with E-state index in [0.717, 1.165) is 18.5 Å². The highest BCUT2D eigenvalue weighted by molar-refractivity contribution is 5.55. The molecule has 0 aromatic heterocycles. The van der Waals surface area contributed by atoms with E-state index in [9.17, 15) is 0 Å². The van der Waals surface area contributed by atoms with Crippen LogP contribution >= 0.6 is 0 Å². The average molecular weight is 264 g/mol. The zero-order valence-corrected chi connectivity index (χ0v) is 12.1. The van der Waals surface area contributed by atoms with E-state index < -0.39 is 0 Å². The van der Waals surface area contributed by atoms with Crippen LogP contribution in [0.1, 0.15) is 30.0 Å². The summed E-state index contributed by atoms with van der Waals surface area (Å²) in [4.78, 5) is 0. The normalized spacial score (nSPS) is 11.7. The third-order valence-corrected chi connectivity index (χ3v) is 3.48. The van der Waals surface area contributed by atoms with Gasteiger partial charge in [-0.25, -0.2) is 0 Å². The van der Waals surface area contributed by atoms with Crippen LogP contribution in [0.3, 0.4) is 0 Å². The molecule has 0 aliphatic heterocycles. The Labute approximate surface area is 121 Å². The molecule has 1 atom stereocenters. The molecular weight excluding hydrogens is 244 g/mol. The summed E-state index contributed by atoms with van der Waals surface area (Å²) in [6, 6.07) is 18.9. The Bertz CT molecular complexity index is 597. The maximum Gasteiger partial charge on any atom is 0.0992 e. The monoisotopic (exact) mass is 264 g/mol. The fourth-order valence-corrected chi connectivity index (χ4v) is 2.21. The number of hydrogen-bond donors (Lipinski definition) is 1. The van der Waals surface area contributed by atoms with E-state index in [1.807, 2.05) is 24.3 Å². The first-order valence-corrected chi connectivity index (χ1v) is 7.00. The van der Waals surface area contributed by atoms with Crippen molar-refractivity contribution in [3.8, 4) is 6.07 Å². The maximum atomic E-state index is 8.96. The van der Waals surface area contributed by atoms with Gasteiger partial charge in [-0.3, -0.25) is 0 Å². The van der Waals surface area contributed by atoms with E-state index in [2.05, 4.69) is 49.5 Å². The number of rotatable bonds is 5. The van der Waals surface area contributed by atoms with E-state index in [0.29, 0.717) is 11.6 Å². The van der Waals surface area contributed by atoms with Crippen LogP contribution < -0.4 is 5.32 Å². The standard InChI is InChI=1S/C18H20N2/c1-14-8-10-17(13-19)12-18(14)20-15(2)9-11-16-6-4-3-5-7-16/h3-8,10,12,15,20H,9,11H2,1-2H3. The Morgan fingerprint density at radius 3 is 2.60 bits per heavy atom. The SMILES string of the molecule is Cc1ccc(C#N)cc1NC(C)CCc1ccccc1. The molecule has 102 valence electrons. The van der Waals surface area contributed by atoms with Gasteiger partial charge < -0.3 is 5.32 Å². The summed E-state index contributed by atoms with van der Waals surface area (Å²) in [7, 11) is 0. The van der Waals surface area contributed by atoms with Crippen LogP contribution in [0, 0.1) is 18.3 Å². The summed E-state index contributed by atoms with van der Waals surface area (Å²) in [5.41, 5.74) is 4.30. The number of anilines is 1. The van der Waals surface area contributed by atoms with Gasteiger partial charge in [0.2, 0.25) is 0 Å². The Morgan fingerprint density at radius 2 is 1.90 bits per heavy atom. The highest BCUT2D eigenvalue weighted by atomic mass is 14.9. The molecule has 0 bridgehead atoms. The van der Waals surface area contributed by atoms with Crippen LogP contribution in [0.25, 0.3) is 0 Å². The van der Waals surface area contributed by atoms with Gasteiger partial charge in [-0.2, -0.15) is 5.26 Å². The fraction of sp³-hybridized carbons (Fsp3) is 0.278. The summed E-state index contributed by atoms with van der Waals surface area (Å²) in [5.74, 6) is 0. The quantitative estimate of drug-likeness (QED) is 0.874. The molecule has 1 N–H and O–H groups in total. The second kappa shape index (κ2) is 6.77. The van der Waals surface area contributed by atoms with Crippen molar-refractivity contribution in [2.75, 3.05) is 5.32 Å². The first-order valence-electron chi connectivity index (χ1n) is 7.00. The number of aryl methyl sites for hydroxylation is 2. The van der Waals surface area contributed by atoms with Crippen molar-refractivity contribution >= 4 is 5.69 Å². The van der Waals surface area contributed by atoms with Gasteiger partial charge in [-0.1, -0.05) is 36.4 Å². The number of nitriles is 1. The Balaban J connectivity index is 1.95. The predicted octanol–water partition coefficient (Wildman–Crippen LogP) is 4.30. The molecular formula is C18H20N2. The van der Waals surface area contributed by atoms with Crippen molar-refractivity contribution in [3.05, 3.63) is 65.2 Å². The van der Waals surface area contributed by atoms with E-state index in [1.165, 1.54) is 11.1 Å². The molecule has 2 rings (SSSR count). The molecule has 0 amide bonds. The van der Waals surface area contributed by atoms with Crippen LogP contribution in [-0.2, 0) is 6.42 Å². The molecule has 0 spiro atoms. The van der Waals surface area contributed by atoms with Crippen LogP contribution in [0.2, 0.25) is 0 Å². The highest BCUT2D eigenvalue weighted by Crippen LogP contribution is 2.18. The number of hydrogen-bond acceptors (Lipinski definition) is 2. The maximum absolute atomic E-state index is 8.96. The minimum absolute atomic E-state index is 0.378. The molecule has 0 saturated carbocycles. The number of benzene rings is 2. The fourth-order valence-electron chi connectivity index (χ4n) is 2.21. The molecule has 2 nitrogen and oxygen atoms in total. The van der Waals surface area contributed by atoms with Gasteiger partial charge in [0.05, 0.1) is 11.6 Å². The van der Waals surface area contributed by atoms with Crippen molar-refractivity contribution in [2.45, 2.75) is 32.7 Å². The molecule has 2 aromatic carbocycles. The molecule has 0 aliphatic carbocycles. The van der Waals surface area contributed by atoms with Gasteiger partial charge >= 0.3 is 0 Å². The van der Waals surface area contributed by atoms with Crippen molar-refractivity contribution < 1.29 is 0 Å². The molecule has 0 fully saturated rings. The van der Waals surface area contributed by atoms with Crippen LogP contribution in [0.4, 0.5) is 5.69 Å². The second-order valence-corrected chi connectivity index (χ2v) is 5.21. The summed E-state index contributed by atoms with van der Waals surface area (Å²) >= 11 is 0. The molecule has 0 aliphatic rings. The lowest BCUT2D eigenvalue weighted by molar-refractivity contribution is 0.705. The smallest absolute Gasteiger partial charge is 0.0992 e. The van der Waals surface area contributed by atoms with Crippen LogP contribution in [-0.4, -0.2) is 6.04 Å². The number of nitrogens with zero attached hydrogens (tertiary/aromatic N) is 1. The van der Waals surface area contributed by atoms with E-state index in [-0.39, 0.29) is 0 Å². The molecule has 20 heavy (non-hydrogen) atoms. The summed E-state index contributed by atoms with van der Waals surface area (Å²) in [5, 5.41) is 12.5. The van der Waals surface area contributed by atoms with E-state index in [4.69, 9.17) is 5.26 Å². The summed E-state index contributed by atoms with van der Waals surface area (Å²) in [6.07, 6.45) is 2.13. The minimum atomic E-state index is 0.378. The van der Waals surface area contributed by atoms with Crippen molar-refractivity contribution in [2.24, 2.45) is 0 Å². The van der Waals surface area contributed by atoms with Crippen molar-refractivity contribution in [3.63, 3.8) is 0 Å². The van der Waals surface area contributed by atoms with Crippen LogP contribution in [0.15, 0.2) is 48.5 Å². The molecule has 0 saturated heterocycles. The van der Waals surface area contributed by atoms with Gasteiger partial charge in [0.1, 0.15) is 0 Å².